The third-order valence-corrected chi connectivity index (χ3v) is 3.53. The van der Waals surface area contributed by atoms with Gasteiger partial charge in [-0.05, 0) is 27.2 Å². The van der Waals surface area contributed by atoms with E-state index in [2.05, 4.69) is 5.32 Å². The summed E-state index contributed by atoms with van der Waals surface area (Å²) in [7, 11) is 0. The Morgan fingerprint density at radius 1 is 1.25 bits per heavy atom. The maximum atomic E-state index is 12.2. The van der Waals surface area contributed by atoms with Gasteiger partial charge in [0.05, 0.1) is 0 Å². The molecule has 7 heteroatoms. The molecule has 0 aromatic heterocycles. The van der Waals surface area contributed by atoms with Gasteiger partial charge in [0.25, 0.3) is 0 Å². The molecule has 1 rings (SSSR count). The Balaban J connectivity index is 2.98. The lowest BCUT2D eigenvalue weighted by Gasteiger charge is -2.35. The molecule has 0 aromatic rings. The van der Waals surface area contributed by atoms with Crippen molar-refractivity contribution < 1.29 is 19.2 Å². The van der Waals surface area contributed by atoms with E-state index < -0.39 is 29.8 Å². The molecule has 2 unspecified atom stereocenters. The highest BCUT2D eigenvalue weighted by Gasteiger charge is 2.43. The Morgan fingerprint density at radius 2 is 1.80 bits per heavy atom. The summed E-state index contributed by atoms with van der Waals surface area (Å²) in [5, 5.41) is 2.13. The lowest BCUT2D eigenvalue weighted by molar-refractivity contribution is -0.149. The molecule has 0 radical (unpaired) electrons. The minimum Gasteiger partial charge on any atom is -0.341 e. The van der Waals surface area contributed by atoms with E-state index in [4.69, 9.17) is 0 Å². The van der Waals surface area contributed by atoms with Gasteiger partial charge in [-0.3, -0.25) is 24.6 Å². The molecule has 0 aliphatic carbocycles. The number of carbonyl (C=O) groups is 4. The molecule has 0 saturated carbocycles. The lowest BCUT2D eigenvalue weighted by Crippen LogP contribution is -2.63. The van der Waals surface area contributed by atoms with Crippen LogP contribution >= 0.6 is 0 Å². The van der Waals surface area contributed by atoms with Crippen LogP contribution in [0.3, 0.4) is 0 Å². The fourth-order valence-electron chi connectivity index (χ4n) is 2.27. The topological polar surface area (TPSA) is 86.8 Å². The Morgan fingerprint density at radius 3 is 2.25 bits per heavy atom. The van der Waals surface area contributed by atoms with Crippen LogP contribution in [0.25, 0.3) is 0 Å². The average molecular weight is 283 g/mol. The van der Waals surface area contributed by atoms with Crippen LogP contribution in [0.15, 0.2) is 0 Å². The van der Waals surface area contributed by atoms with Gasteiger partial charge in [0.2, 0.25) is 17.7 Å². The van der Waals surface area contributed by atoms with Crippen LogP contribution in [0, 0.1) is 5.92 Å². The SMILES string of the molecule is CCC1C(=O)NC(=O)N(C(C)C(=O)N(CC)CC)C1=O. The standard InChI is InChI=1S/C13H21N3O4/c1-5-9-10(17)14-13(20)16(12(9)19)8(4)11(18)15(6-2)7-3/h8-9H,5-7H2,1-4H3,(H,14,17,20). The highest BCUT2D eigenvalue weighted by atomic mass is 16.2. The van der Waals surface area contributed by atoms with Crippen LogP contribution in [-0.2, 0) is 14.4 Å². The number of nitrogens with one attached hydrogen (secondary N) is 1. The maximum Gasteiger partial charge on any atom is 0.331 e. The van der Waals surface area contributed by atoms with Gasteiger partial charge in [-0.1, -0.05) is 6.92 Å². The summed E-state index contributed by atoms with van der Waals surface area (Å²) < 4.78 is 0. The van der Waals surface area contributed by atoms with Crippen molar-refractivity contribution >= 4 is 23.8 Å². The third kappa shape index (κ3) is 2.81. The number of urea groups is 1. The van der Waals surface area contributed by atoms with Crippen LogP contribution in [0.4, 0.5) is 4.79 Å². The summed E-state index contributed by atoms with van der Waals surface area (Å²) in [6, 6.07) is -1.73. The summed E-state index contributed by atoms with van der Waals surface area (Å²) in [4.78, 5) is 50.2. The predicted octanol–water partition coefficient (Wildman–Crippen LogP) is 0.348. The van der Waals surface area contributed by atoms with Crippen molar-refractivity contribution in [2.24, 2.45) is 5.92 Å². The van der Waals surface area contributed by atoms with E-state index in [0.29, 0.717) is 19.5 Å². The van der Waals surface area contributed by atoms with E-state index in [1.807, 2.05) is 13.8 Å². The molecule has 7 nitrogen and oxygen atoms in total. The van der Waals surface area contributed by atoms with E-state index in [9.17, 15) is 19.2 Å². The number of hydrogen-bond acceptors (Lipinski definition) is 4. The molecule has 2 atom stereocenters. The molecular formula is C13H21N3O4. The van der Waals surface area contributed by atoms with Gasteiger partial charge in [0, 0.05) is 13.1 Å². The van der Waals surface area contributed by atoms with Crippen molar-refractivity contribution in [2.75, 3.05) is 13.1 Å². The molecule has 1 aliphatic heterocycles. The monoisotopic (exact) mass is 283 g/mol. The number of imide groups is 2. The normalized spacial score (nSPS) is 20.7. The lowest BCUT2D eigenvalue weighted by atomic mass is 10.0. The molecule has 1 aliphatic rings. The first-order chi connectivity index (χ1) is 9.38. The molecule has 1 heterocycles. The molecule has 1 fully saturated rings. The average Bonchev–Trinajstić information content (AvgIpc) is 2.39. The Hall–Kier alpha value is -1.92. The fourth-order valence-corrected chi connectivity index (χ4v) is 2.27. The van der Waals surface area contributed by atoms with E-state index in [1.54, 1.807) is 11.8 Å². The van der Waals surface area contributed by atoms with E-state index >= 15 is 0 Å². The van der Waals surface area contributed by atoms with Gasteiger partial charge in [0.15, 0.2) is 0 Å². The summed E-state index contributed by atoms with van der Waals surface area (Å²) >= 11 is 0. The Labute approximate surface area is 118 Å². The third-order valence-electron chi connectivity index (χ3n) is 3.53. The molecule has 20 heavy (non-hydrogen) atoms. The van der Waals surface area contributed by atoms with Crippen LogP contribution < -0.4 is 5.32 Å². The quantitative estimate of drug-likeness (QED) is 0.737. The number of likely N-dealkylation sites (N-methyl/N-ethyl adjacent to an activating group) is 1. The molecular weight excluding hydrogens is 262 g/mol. The molecule has 5 amide bonds. The van der Waals surface area contributed by atoms with Gasteiger partial charge in [0.1, 0.15) is 12.0 Å². The summed E-state index contributed by atoms with van der Waals surface area (Å²) in [6.07, 6.45) is 0.292. The van der Waals surface area contributed by atoms with Crippen molar-refractivity contribution in [1.82, 2.24) is 15.1 Å². The number of amides is 5. The number of barbiturate groups is 1. The minimum atomic E-state index is -0.912. The van der Waals surface area contributed by atoms with Crippen LogP contribution in [0.2, 0.25) is 0 Å². The zero-order chi connectivity index (χ0) is 15.4. The van der Waals surface area contributed by atoms with E-state index in [-0.39, 0.29) is 5.91 Å². The zero-order valence-corrected chi connectivity index (χ0v) is 12.3. The number of carbonyl (C=O) groups excluding carboxylic acids is 4. The first-order valence-corrected chi connectivity index (χ1v) is 6.85. The number of rotatable bonds is 5. The molecule has 0 aromatic carbocycles. The van der Waals surface area contributed by atoms with E-state index in [0.717, 1.165) is 4.90 Å². The van der Waals surface area contributed by atoms with Crippen LogP contribution in [0.5, 0.6) is 0 Å². The zero-order valence-electron chi connectivity index (χ0n) is 12.3. The second kappa shape index (κ2) is 6.49. The largest absolute Gasteiger partial charge is 0.341 e. The summed E-state index contributed by atoms with van der Waals surface area (Å²) in [6.45, 7) is 7.84. The van der Waals surface area contributed by atoms with Gasteiger partial charge >= 0.3 is 6.03 Å². The molecule has 1 N–H and O–H groups in total. The molecule has 1 saturated heterocycles. The van der Waals surface area contributed by atoms with Gasteiger partial charge < -0.3 is 4.90 Å². The minimum absolute atomic E-state index is 0.292. The highest BCUT2D eigenvalue weighted by molar-refractivity contribution is 6.17. The maximum absolute atomic E-state index is 12.2. The van der Waals surface area contributed by atoms with Crippen molar-refractivity contribution in [3.05, 3.63) is 0 Å². The second-order valence-electron chi connectivity index (χ2n) is 4.65. The van der Waals surface area contributed by atoms with Crippen molar-refractivity contribution in [3.8, 4) is 0 Å². The fraction of sp³-hybridized carbons (Fsp3) is 0.692. The Bertz CT molecular complexity index is 431. The second-order valence-corrected chi connectivity index (χ2v) is 4.65. The molecule has 112 valence electrons. The van der Waals surface area contributed by atoms with Gasteiger partial charge in [-0.15, -0.1) is 0 Å². The van der Waals surface area contributed by atoms with Gasteiger partial charge in [-0.25, -0.2) is 4.79 Å². The van der Waals surface area contributed by atoms with Crippen molar-refractivity contribution in [2.45, 2.75) is 40.2 Å². The molecule has 0 spiro atoms. The predicted molar refractivity (Wildman–Crippen MR) is 71.6 cm³/mol. The Kier molecular flexibility index (Phi) is 5.24. The number of nitrogens with zero attached hydrogens (tertiary/aromatic N) is 2. The molecule has 0 bridgehead atoms. The van der Waals surface area contributed by atoms with Gasteiger partial charge in [-0.2, -0.15) is 0 Å². The van der Waals surface area contributed by atoms with Crippen LogP contribution in [0.1, 0.15) is 34.1 Å². The smallest absolute Gasteiger partial charge is 0.331 e. The van der Waals surface area contributed by atoms with Crippen LogP contribution in [-0.4, -0.2) is 52.7 Å². The summed E-state index contributed by atoms with van der Waals surface area (Å²) in [5.41, 5.74) is 0. The number of hydrogen-bond donors (Lipinski definition) is 1. The summed E-state index contributed by atoms with van der Waals surface area (Å²) in [5.74, 6) is -2.40. The highest BCUT2D eigenvalue weighted by Crippen LogP contribution is 2.17. The van der Waals surface area contributed by atoms with Crippen molar-refractivity contribution in [3.63, 3.8) is 0 Å². The first kappa shape index (κ1) is 16.1. The van der Waals surface area contributed by atoms with Crippen molar-refractivity contribution in [1.29, 1.82) is 0 Å². The van der Waals surface area contributed by atoms with E-state index in [1.165, 1.54) is 6.92 Å². The first-order valence-electron chi connectivity index (χ1n) is 6.85.